The van der Waals surface area contributed by atoms with Crippen molar-refractivity contribution >= 4 is 29.0 Å². The number of ether oxygens (including phenoxy) is 1. The lowest BCUT2D eigenvalue weighted by Crippen LogP contribution is -2.44. The number of hydrogen-bond donors (Lipinski definition) is 4. The summed E-state index contributed by atoms with van der Waals surface area (Å²) in [6, 6.07) is 9.87. The molecular formula is C30H37Cl2FN2O5. The molecule has 5 atom stereocenters. The van der Waals surface area contributed by atoms with E-state index in [0.717, 1.165) is 6.07 Å². The van der Waals surface area contributed by atoms with Crippen LogP contribution in [-0.4, -0.2) is 59.1 Å². The maximum Gasteiger partial charge on any atom is 0.150 e. The van der Waals surface area contributed by atoms with Gasteiger partial charge in [-0.25, -0.2) is 4.39 Å². The third-order valence-corrected chi connectivity index (χ3v) is 7.78. The number of aliphatic hydroxyl groups excluding tert-OH is 3. The molecule has 2 aromatic rings. The molecule has 0 unspecified atom stereocenters. The first-order valence-electron chi connectivity index (χ1n) is 13.4. The molecule has 218 valence electrons. The number of rotatable bonds is 12. The van der Waals surface area contributed by atoms with Crippen LogP contribution in [0.3, 0.4) is 0 Å². The molecule has 3 rings (SSSR count). The zero-order chi connectivity index (χ0) is 29.7. The van der Waals surface area contributed by atoms with Crippen LogP contribution in [0.15, 0.2) is 36.4 Å². The minimum absolute atomic E-state index is 0.0350. The minimum atomic E-state index is -1.57. The molecule has 0 amide bonds. The van der Waals surface area contributed by atoms with Gasteiger partial charge in [0.15, 0.2) is 0 Å². The van der Waals surface area contributed by atoms with Crippen molar-refractivity contribution in [2.75, 3.05) is 19.8 Å². The van der Waals surface area contributed by atoms with Gasteiger partial charge in [0.2, 0.25) is 0 Å². The molecule has 1 heterocycles. The molecule has 0 aromatic heterocycles. The van der Waals surface area contributed by atoms with Crippen molar-refractivity contribution in [3.05, 3.63) is 63.4 Å². The van der Waals surface area contributed by atoms with Crippen molar-refractivity contribution in [3.63, 3.8) is 0 Å². The maximum absolute atomic E-state index is 15.8. The average molecular weight is 596 g/mol. The molecule has 4 N–H and O–H groups in total. The van der Waals surface area contributed by atoms with Crippen LogP contribution < -0.4 is 10.1 Å². The van der Waals surface area contributed by atoms with Crippen LogP contribution >= 0.6 is 23.2 Å². The van der Waals surface area contributed by atoms with Gasteiger partial charge in [-0.1, -0.05) is 50.0 Å². The van der Waals surface area contributed by atoms with Gasteiger partial charge in [0.05, 0.1) is 31.4 Å². The first-order chi connectivity index (χ1) is 18.9. The lowest BCUT2D eigenvalue weighted by molar-refractivity contribution is -0.121. The van der Waals surface area contributed by atoms with Gasteiger partial charge in [-0.3, -0.25) is 4.79 Å². The summed E-state index contributed by atoms with van der Waals surface area (Å²) in [5, 5.41) is 43.3. The number of aliphatic hydroxyl groups is 3. The third-order valence-electron chi connectivity index (χ3n) is 7.31. The van der Waals surface area contributed by atoms with Gasteiger partial charge in [0, 0.05) is 39.6 Å². The van der Waals surface area contributed by atoms with E-state index in [1.807, 2.05) is 20.8 Å². The zero-order valence-corrected chi connectivity index (χ0v) is 24.5. The molecule has 1 saturated heterocycles. The van der Waals surface area contributed by atoms with Crippen LogP contribution in [0.1, 0.15) is 63.5 Å². The summed E-state index contributed by atoms with van der Waals surface area (Å²) < 4.78 is 21.6. The predicted octanol–water partition coefficient (Wildman–Crippen LogP) is 4.92. The molecule has 7 nitrogen and oxygen atoms in total. The number of Topliss-reactive ketones (excluding diaryl/α,β-unsaturated/α-hetero) is 1. The summed E-state index contributed by atoms with van der Waals surface area (Å²) in [4.78, 5) is 13.8. The van der Waals surface area contributed by atoms with E-state index in [4.69, 9.17) is 27.9 Å². The summed E-state index contributed by atoms with van der Waals surface area (Å²) in [5.41, 5.74) is -1.34. The van der Waals surface area contributed by atoms with E-state index in [1.54, 1.807) is 18.2 Å². The number of carbonyl (C=O) groups excluding carboxylic acids is 1. The molecule has 0 radical (unpaired) electrons. The largest absolute Gasteiger partial charge is 0.491 e. The molecule has 0 spiro atoms. The third kappa shape index (κ3) is 7.14. The highest BCUT2D eigenvalue weighted by molar-refractivity contribution is 6.31. The normalized spacial score (nSPS) is 23.6. The van der Waals surface area contributed by atoms with Gasteiger partial charge in [0.25, 0.3) is 0 Å². The van der Waals surface area contributed by atoms with Crippen molar-refractivity contribution < 1.29 is 29.2 Å². The highest BCUT2D eigenvalue weighted by Gasteiger charge is 2.60. The molecule has 1 aliphatic rings. The van der Waals surface area contributed by atoms with Gasteiger partial charge < -0.3 is 25.4 Å². The van der Waals surface area contributed by atoms with E-state index in [9.17, 15) is 25.4 Å². The quantitative estimate of drug-likeness (QED) is 0.275. The number of benzene rings is 2. The van der Waals surface area contributed by atoms with Crippen LogP contribution in [-0.2, 0) is 10.2 Å². The van der Waals surface area contributed by atoms with E-state index in [0.29, 0.717) is 29.2 Å². The van der Waals surface area contributed by atoms with Crippen molar-refractivity contribution in [1.29, 1.82) is 5.26 Å². The molecule has 10 heteroatoms. The van der Waals surface area contributed by atoms with Crippen LogP contribution in [0, 0.1) is 22.6 Å². The molecule has 1 fully saturated rings. The van der Waals surface area contributed by atoms with Crippen LogP contribution in [0.4, 0.5) is 4.39 Å². The second kappa shape index (κ2) is 13.6. The zero-order valence-electron chi connectivity index (χ0n) is 23.0. The number of nitrogens with one attached hydrogen (secondary N) is 1. The summed E-state index contributed by atoms with van der Waals surface area (Å²) in [5.74, 6) is -1.50. The number of ketones is 1. The summed E-state index contributed by atoms with van der Waals surface area (Å²) in [6.07, 6.45) is 0.0857. The van der Waals surface area contributed by atoms with Gasteiger partial charge in [0.1, 0.15) is 29.4 Å². The van der Waals surface area contributed by atoms with E-state index in [-0.39, 0.29) is 47.8 Å². The second-order valence-electron chi connectivity index (χ2n) is 11.5. The Hall–Kier alpha value is -2.25. The molecule has 1 aliphatic heterocycles. The number of hydrogen-bond acceptors (Lipinski definition) is 7. The van der Waals surface area contributed by atoms with Crippen molar-refractivity contribution in [3.8, 4) is 11.8 Å². The van der Waals surface area contributed by atoms with Gasteiger partial charge in [-0.05, 0) is 55.0 Å². The van der Waals surface area contributed by atoms with Gasteiger partial charge >= 0.3 is 0 Å². The van der Waals surface area contributed by atoms with Crippen molar-refractivity contribution in [1.82, 2.24) is 5.32 Å². The van der Waals surface area contributed by atoms with Crippen LogP contribution in [0.5, 0.6) is 5.75 Å². The summed E-state index contributed by atoms with van der Waals surface area (Å²) in [7, 11) is 0. The smallest absolute Gasteiger partial charge is 0.150 e. The minimum Gasteiger partial charge on any atom is -0.491 e. The first-order valence-corrected chi connectivity index (χ1v) is 14.1. The monoisotopic (exact) mass is 594 g/mol. The van der Waals surface area contributed by atoms with Crippen LogP contribution in [0.2, 0.25) is 10.0 Å². The Balaban J connectivity index is 2.28. The predicted molar refractivity (Wildman–Crippen MR) is 152 cm³/mol. The van der Waals surface area contributed by atoms with Gasteiger partial charge in [-0.15, -0.1) is 0 Å². The molecular weight excluding hydrogens is 558 g/mol. The van der Waals surface area contributed by atoms with E-state index in [2.05, 4.69) is 11.4 Å². The summed E-state index contributed by atoms with van der Waals surface area (Å²) >= 11 is 12.5. The maximum atomic E-state index is 15.8. The number of carbonyl (C=O) groups is 1. The fourth-order valence-corrected chi connectivity index (χ4v) is 6.00. The molecule has 2 aromatic carbocycles. The highest BCUT2D eigenvalue weighted by atomic mass is 35.5. The molecule has 0 bridgehead atoms. The first kappa shape index (κ1) is 32.3. The Labute approximate surface area is 244 Å². The Morgan fingerprint density at radius 3 is 2.48 bits per heavy atom. The SMILES string of the molecule is CC(C)(C)C[C@@H]1N[C@@H](C(=O)CCC[C@H](O)CO)[C@H](c2cc(Cl)ccc2OCCO)[C@@]1(C#N)c1ccc(Cl)cc1F. The highest BCUT2D eigenvalue weighted by Crippen LogP contribution is 2.54. The molecule has 0 saturated carbocycles. The standard InChI is InChI=1S/C30H37Cl2FN2O5/c1-29(2,3)15-26-30(17-34,22-9-7-19(32)14-23(22)33)27(21-13-18(31)8-10-25(21)40-12-11-36)28(35-26)24(39)6-4-5-20(38)16-37/h7-10,13-14,20,26-28,35-38H,4-6,11-12,15-16H2,1-3H3/t20-,26-,27-,28-,30-/m0/s1. The van der Waals surface area contributed by atoms with Crippen molar-refractivity contribution in [2.24, 2.45) is 5.41 Å². The summed E-state index contributed by atoms with van der Waals surface area (Å²) in [6.45, 7) is 5.31. The Kier molecular flexibility index (Phi) is 11.0. The van der Waals surface area contributed by atoms with E-state index >= 15 is 4.39 Å². The Bertz CT molecular complexity index is 1230. The average Bonchev–Trinajstić information content (AvgIpc) is 3.20. The topological polar surface area (TPSA) is 123 Å². The Morgan fingerprint density at radius 2 is 1.88 bits per heavy atom. The van der Waals surface area contributed by atoms with Crippen LogP contribution in [0.25, 0.3) is 0 Å². The Morgan fingerprint density at radius 1 is 1.20 bits per heavy atom. The number of halogens is 3. The fourth-order valence-electron chi connectivity index (χ4n) is 5.66. The van der Waals surface area contributed by atoms with E-state index in [1.165, 1.54) is 12.1 Å². The molecule has 0 aliphatic carbocycles. The van der Waals surface area contributed by atoms with Gasteiger partial charge in [-0.2, -0.15) is 5.26 Å². The number of nitriles is 1. The van der Waals surface area contributed by atoms with Crippen molar-refractivity contribution in [2.45, 2.75) is 76.0 Å². The lowest BCUT2D eigenvalue weighted by Gasteiger charge is -2.38. The fraction of sp³-hybridized carbons (Fsp3) is 0.533. The number of nitrogens with zero attached hydrogens (tertiary/aromatic N) is 1. The lowest BCUT2D eigenvalue weighted by atomic mass is 9.62. The van der Waals surface area contributed by atoms with E-state index < -0.39 is 41.9 Å². The molecule has 40 heavy (non-hydrogen) atoms. The second-order valence-corrected chi connectivity index (χ2v) is 12.4.